The highest BCUT2D eigenvalue weighted by Crippen LogP contribution is 2.31. The Morgan fingerprint density at radius 1 is 1.27 bits per heavy atom. The van der Waals surface area contributed by atoms with E-state index < -0.39 is 0 Å². The molecule has 1 fully saturated rings. The number of anilines is 3. The smallest absolute Gasteiger partial charge is 0.229 e. The van der Waals surface area contributed by atoms with Crippen LogP contribution in [0, 0.1) is 0 Å². The van der Waals surface area contributed by atoms with Gasteiger partial charge in [0.25, 0.3) is 0 Å². The summed E-state index contributed by atoms with van der Waals surface area (Å²) >= 11 is 0. The molecule has 1 atom stereocenters. The molecule has 3 rings (SSSR count). The van der Waals surface area contributed by atoms with Crippen molar-refractivity contribution in [1.29, 1.82) is 0 Å². The Bertz CT molecular complexity index is 704. The highest BCUT2D eigenvalue weighted by atomic mass is 16.5. The number of rotatable bonds is 9. The normalized spacial score (nSPS) is 16.3. The molecule has 3 N–H and O–H groups in total. The number of nitrogens with one attached hydrogen (secondary N) is 3. The van der Waals surface area contributed by atoms with E-state index in [2.05, 4.69) is 25.9 Å². The Labute approximate surface area is 154 Å². The summed E-state index contributed by atoms with van der Waals surface area (Å²) in [5, 5.41) is 9.71. The number of hydrogen-bond donors (Lipinski definition) is 3. The van der Waals surface area contributed by atoms with Crippen molar-refractivity contribution < 1.29 is 9.47 Å². The van der Waals surface area contributed by atoms with Crippen molar-refractivity contribution in [3.8, 4) is 11.5 Å². The van der Waals surface area contributed by atoms with E-state index in [0.717, 1.165) is 42.4 Å². The van der Waals surface area contributed by atoms with Gasteiger partial charge in [-0.2, -0.15) is 4.98 Å². The Morgan fingerprint density at radius 3 is 2.96 bits per heavy atom. The fraction of sp³-hybridized carbons (Fsp3) is 0.474. The quantitative estimate of drug-likeness (QED) is 0.595. The van der Waals surface area contributed by atoms with E-state index in [1.165, 1.54) is 12.8 Å². The molecule has 26 heavy (non-hydrogen) atoms. The third-order valence-electron chi connectivity index (χ3n) is 4.45. The molecule has 0 aliphatic carbocycles. The van der Waals surface area contributed by atoms with E-state index in [1.807, 2.05) is 31.3 Å². The predicted molar refractivity (Wildman–Crippen MR) is 104 cm³/mol. The minimum atomic E-state index is 0.528. The summed E-state index contributed by atoms with van der Waals surface area (Å²) in [6.07, 6.45) is 6.42. The van der Waals surface area contributed by atoms with Gasteiger partial charge in [-0.25, -0.2) is 4.98 Å². The van der Waals surface area contributed by atoms with Gasteiger partial charge in [-0.15, -0.1) is 0 Å². The number of benzene rings is 1. The van der Waals surface area contributed by atoms with Crippen LogP contribution in [0.2, 0.25) is 0 Å². The molecule has 0 amide bonds. The summed E-state index contributed by atoms with van der Waals surface area (Å²) in [6, 6.07) is 8.18. The van der Waals surface area contributed by atoms with Gasteiger partial charge < -0.3 is 25.4 Å². The Hall–Kier alpha value is -2.54. The van der Waals surface area contributed by atoms with Crippen molar-refractivity contribution in [2.24, 2.45) is 0 Å². The second kappa shape index (κ2) is 9.24. The first-order valence-electron chi connectivity index (χ1n) is 9.10. The third-order valence-corrected chi connectivity index (χ3v) is 4.45. The first-order valence-corrected chi connectivity index (χ1v) is 9.10. The molecule has 7 nitrogen and oxygen atoms in total. The van der Waals surface area contributed by atoms with Crippen molar-refractivity contribution in [3.63, 3.8) is 0 Å². The van der Waals surface area contributed by atoms with Gasteiger partial charge in [-0.1, -0.05) is 0 Å². The summed E-state index contributed by atoms with van der Waals surface area (Å²) in [4.78, 5) is 8.60. The predicted octanol–water partition coefficient (Wildman–Crippen LogP) is 3.18. The minimum Gasteiger partial charge on any atom is -0.493 e. The monoisotopic (exact) mass is 357 g/mol. The molecule has 1 aromatic heterocycles. The molecule has 1 aromatic carbocycles. The zero-order valence-electron chi connectivity index (χ0n) is 15.4. The molecule has 0 radical (unpaired) electrons. The van der Waals surface area contributed by atoms with Crippen LogP contribution in [0.5, 0.6) is 11.5 Å². The molecule has 0 spiro atoms. The third kappa shape index (κ3) is 4.98. The lowest BCUT2D eigenvalue weighted by Crippen LogP contribution is -2.21. The molecule has 1 aliphatic heterocycles. The van der Waals surface area contributed by atoms with Gasteiger partial charge in [-0.05, 0) is 50.4 Å². The lowest BCUT2D eigenvalue weighted by atomic mass is 10.1. The maximum Gasteiger partial charge on any atom is 0.229 e. The summed E-state index contributed by atoms with van der Waals surface area (Å²) in [5.41, 5.74) is 0.853. The van der Waals surface area contributed by atoms with Crippen LogP contribution in [0.15, 0.2) is 30.5 Å². The molecule has 140 valence electrons. The zero-order chi connectivity index (χ0) is 18.2. The van der Waals surface area contributed by atoms with E-state index in [0.29, 0.717) is 18.6 Å². The molecule has 0 bridgehead atoms. The van der Waals surface area contributed by atoms with Crippen molar-refractivity contribution in [2.75, 3.05) is 37.9 Å². The minimum absolute atomic E-state index is 0.528. The van der Waals surface area contributed by atoms with Gasteiger partial charge in [0.1, 0.15) is 5.82 Å². The van der Waals surface area contributed by atoms with Crippen LogP contribution in [0.3, 0.4) is 0 Å². The lowest BCUT2D eigenvalue weighted by molar-refractivity contribution is 0.281. The van der Waals surface area contributed by atoms with Crippen LogP contribution in [-0.4, -0.2) is 43.3 Å². The molecule has 0 saturated carbocycles. The molecule has 1 saturated heterocycles. The standard InChI is InChI=1S/C19H27N5O2/c1-20-18-9-11-22-19(24-18)23-15-7-8-16(25-2)17(13-15)26-12-4-6-14-5-3-10-21-14/h7-9,11,13-14,21H,3-6,10,12H2,1-2H3,(H2,20,22,23,24)/t14-/m1/s1. The number of nitrogens with zero attached hydrogens (tertiary/aromatic N) is 2. The number of aromatic nitrogens is 2. The van der Waals surface area contributed by atoms with E-state index in [1.54, 1.807) is 13.3 Å². The molecule has 1 aliphatic rings. The van der Waals surface area contributed by atoms with Crippen molar-refractivity contribution in [1.82, 2.24) is 15.3 Å². The van der Waals surface area contributed by atoms with Crippen LogP contribution in [0.4, 0.5) is 17.5 Å². The van der Waals surface area contributed by atoms with Gasteiger partial charge in [0.2, 0.25) is 5.95 Å². The first kappa shape index (κ1) is 18.3. The van der Waals surface area contributed by atoms with E-state index in [9.17, 15) is 0 Å². The van der Waals surface area contributed by atoms with E-state index >= 15 is 0 Å². The van der Waals surface area contributed by atoms with Crippen LogP contribution in [-0.2, 0) is 0 Å². The van der Waals surface area contributed by atoms with Gasteiger partial charge in [0.05, 0.1) is 13.7 Å². The molecule has 0 unspecified atom stereocenters. The van der Waals surface area contributed by atoms with Crippen molar-refractivity contribution in [3.05, 3.63) is 30.5 Å². The number of hydrogen-bond acceptors (Lipinski definition) is 7. The fourth-order valence-corrected chi connectivity index (χ4v) is 3.07. The van der Waals surface area contributed by atoms with Gasteiger partial charge in [-0.3, -0.25) is 0 Å². The summed E-state index contributed by atoms with van der Waals surface area (Å²) in [5.74, 6) is 2.73. The topological polar surface area (TPSA) is 80.3 Å². The van der Waals surface area contributed by atoms with Gasteiger partial charge in [0, 0.05) is 31.0 Å². The van der Waals surface area contributed by atoms with Crippen molar-refractivity contribution >= 4 is 17.5 Å². The Balaban J connectivity index is 1.59. The highest BCUT2D eigenvalue weighted by molar-refractivity contribution is 5.60. The van der Waals surface area contributed by atoms with Gasteiger partial charge >= 0.3 is 0 Å². The average molecular weight is 357 g/mol. The number of ether oxygens (including phenoxy) is 2. The summed E-state index contributed by atoms with van der Waals surface area (Å²) < 4.78 is 11.4. The first-order chi connectivity index (χ1) is 12.8. The SMILES string of the molecule is CNc1ccnc(Nc2ccc(OC)c(OCCC[C@H]3CCCN3)c2)n1. The van der Waals surface area contributed by atoms with Crippen LogP contribution >= 0.6 is 0 Å². The largest absolute Gasteiger partial charge is 0.493 e. The molecule has 7 heteroatoms. The molecular weight excluding hydrogens is 330 g/mol. The maximum absolute atomic E-state index is 5.97. The summed E-state index contributed by atoms with van der Waals surface area (Å²) in [7, 11) is 3.48. The van der Waals surface area contributed by atoms with Crippen LogP contribution in [0.1, 0.15) is 25.7 Å². The second-order valence-corrected chi connectivity index (χ2v) is 6.29. The average Bonchev–Trinajstić information content (AvgIpc) is 3.19. The van der Waals surface area contributed by atoms with E-state index in [-0.39, 0.29) is 0 Å². The lowest BCUT2D eigenvalue weighted by Gasteiger charge is -2.14. The fourth-order valence-electron chi connectivity index (χ4n) is 3.07. The Kier molecular flexibility index (Phi) is 6.49. The van der Waals surface area contributed by atoms with E-state index in [4.69, 9.17) is 9.47 Å². The summed E-state index contributed by atoms with van der Waals surface area (Å²) in [6.45, 7) is 1.81. The van der Waals surface area contributed by atoms with Gasteiger partial charge in [0.15, 0.2) is 11.5 Å². The molecular formula is C19H27N5O2. The second-order valence-electron chi connectivity index (χ2n) is 6.29. The zero-order valence-corrected chi connectivity index (χ0v) is 15.4. The molecule has 2 heterocycles. The van der Waals surface area contributed by atoms with Crippen LogP contribution < -0.4 is 25.4 Å². The molecule has 2 aromatic rings. The maximum atomic E-state index is 5.97. The highest BCUT2D eigenvalue weighted by Gasteiger charge is 2.13. The van der Waals surface area contributed by atoms with Crippen molar-refractivity contribution in [2.45, 2.75) is 31.7 Å². The van der Waals surface area contributed by atoms with Crippen LogP contribution in [0.25, 0.3) is 0 Å². The Morgan fingerprint density at radius 2 is 2.19 bits per heavy atom. The number of methoxy groups -OCH3 is 1.